The van der Waals surface area contributed by atoms with Gasteiger partial charge < -0.3 is 14.7 Å². The number of aryl methyl sites for hydroxylation is 1. The molecule has 8 heteroatoms. The van der Waals surface area contributed by atoms with Crippen LogP contribution in [-0.4, -0.2) is 55.4 Å². The maximum absolute atomic E-state index is 12.9. The quantitative estimate of drug-likeness (QED) is 0.692. The normalized spacial score (nSPS) is 16.1. The smallest absolute Gasteiger partial charge is 0.416 e. The van der Waals surface area contributed by atoms with Crippen LogP contribution >= 0.6 is 12.4 Å². The average Bonchev–Trinajstić information content (AvgIpc) is 2.73. The van der Waals surface area contributed by atoms with Crippen molar-refractivity contribution in [3.63, 3.8) is 0 Å². The van der Waals surface area contributed by atoms with Crippen molar-refractivity contribution in [3.8, 4) is 5.75 Å². The molecule has 1 aliphatic heterocycles. The highest BCUT2D eigenvalue weighted by Crippen LogP contribution is 2.31. The summed E-state index contributed by atoms with van der Waals surface area (Å²) in [4.78, 5) is 4.06. The molecule has 1 aliphatic rings. The molecule has 0 aromatic heterocycles. The van der Waals surface area contributed by atoms with E-state index in [0.717, 1.165) is 18.2 Å². The molecule has 1 fully saturated rings. The summed E-state index contributed by atoms with van der Waals surface area (Å²) in [7, 11) is 0. The minimum absolute atomic E-state index is 0. The number of alkyl halides is 3. The maximum Gasteiger partial charge on any atom is 0.416 e. The van der Waals surface area contributed by atoms with E-state index in [4.69, 9.17) is 4.74 Å². The van der Waals surface area contributed by atoms with Crippen molar-refractivity contribution >= 4 is 18.1 Å². The molecular weight excluding hydrogens is 417 g/mol. The van der Waals surface area contributed by atoms with Crippen LogP contribution in [0.4, 0.5) is 18.9 Å². The van der Waals surface area contributed by atoms with Gasteiger partial charge in [0.15, 0.2) is 0 Å². The van der Waals surface area contributed by atoms with Crippen molar-refractivity contribution in [1.29, 1.82) is 0 Å². The van der Waals surface area contributed by atoms with Crippen LogP contribution in [0, 0.1) is 0 Å². The second-order valence-corrected chi connectivity index (χ2v) is 7.30. The van der Waals surface area contributed by atoms with Crippen molar-refractivity contribution in [2.75, 3.05) is 44.2 Å². The van der Waals surface area contributed by atoms with Crippen molar-refractivity contribution in [2.24, 2.45) is 0 Å². The Morgan fingerprint density at radius 2 is 1.70 bits per heavy atom. The number of hydrogen-bond donors (Lipinski definition) is 1. The number of hydrogen-bond acceptors (Lipinski definition) is 4. The summed E-state index contributed by atoms with van der Waals surface area (Å²) < 4.78 is 44.4. The van der Waals surface area contributed by atoms with E-state index in [0.29, 0.717) is 38.4 Å². The van der Waals surface area contributed by atoms with E-state index in [1.165, 1.54) is 17.7 Å². The van der Waals surface area contributed by atoms with E-state index in [1.807, 2.05) is 29.2 Å². The summed E-state index contributed by atoms with van der Waals surface area (Å²) >= 11 is 0. The number of halogens is 4. The molecule has 1 N–H and O–H groups in total. The van der Waals surface area contributed by atoms with Gasteiger partial charge in [0, 0.05) is 38.4 Å². The summed E-state index contributed by atoms with van der Waals surface area (Å²) in [6.45, 7) is 5.37. The van der Waals surface area contributed by atoms with E-state index < -0.39 is 17.8 Å². The van der Waals surface area contributed by atoms with Gasteiger partial charge in [-0.1, -0.05) is 25.1 Å². The number of piperazine rings is 1. The second-order valence-electron chi connectivity index (χ2n) is 7.30. The first-order valence-corrected chi connectivity index (χ1v) is 9.89. The van der Waals surface area contributed by atoms with Crippen molar-refractivity contribution in [2.45, 2.75) is 25.6 Å². The summed E-state index contributed by atoms with van der Waals surface area (Å²) in [5.41, 5.74) is 1.19. The van der Waals surface area contributed by atoms with Crippen molar-refractivity contribution < 1.29 is 23.0 Å². The van der Waals surface area contributed by atoms with Crippen LogP contribution in [0.3, 0.4) is 0 Å². The average molecular weight is 445 g/mol. The lowest BCUT2D eigenvalue weighted by Gasteiger charge is -2.37. The Morgan fingerprint density at radius 1 is 1.03 bits per heavy atom. The number of ether oxygens (including phenoxy) is 1. The Balaban J connectivity index is 0.00000320. The number of nitrogens with zero attached hydrogens (tertiary/aromatic N) is 2. The van der Waals surface area contributed by atoms with Gasteiger partial charge in [0.25, 0.3) is 0 Å². The zero-order valence-corrected chi connectivity index (χ0v) is 17.8. The van der Waals surface area contributed by atoms with Crippen LogP contribution in [0.1, 0.15) is 18.1 Å². The molecule has 2 aromatic rings. The third-order valence-corrected chi connectivity index (χ3v) is 5.15. The third-order valence-electron chi connectivity index (χ3n) is 5.15. The Labute approximate surface area is 181 Å². The first kappa shape index (κ1) is 24.3. The number of anilines is 1. The van der Waals surface area contributed by atoms with Crippen LogP contribution < -0.4 is 9.64 Å². The summed E-state index contributed by atoms with van der Waals surface area (Å²) in [6, 6.07) is 13.3. The molecule has 1 heterocycles. The number of aliphatic hydroxyl groups is 1. The highest BCUT2D eigenvalue weighted by Gasteiger charge is 2.31. The fourth-order valence-electron chi connectivity index (χ4n) is 3.43. The number of β-amino-alcohol motifs (C(OH)–C–C–N with tert-alkyl or cyclic N) is 1. The minimum atomic E-state index is -4.33. The van der Waals surface area contributed by atoms with Crippen LogP contribution in [0.25, 0.3) is 0 Å². The molecule has 1 unspecified atom stereocenters. The van der Waals surface area contributed by atoms with E-state index in [9.17, 15) is 18.3 Å². The maximum atomic E-state index is 12.9. The Bertz CT molecular complexity index is 779. The van der Waals surface area contributed by atoms with Gasteiger partial charge in [-0.2, -0.15) is 13.2 Å². The fourth-order valence-corrected chi connectivity index (χ4v) is 3.43. The van der Waals surface area contributed by atoms with Crippen LogP contribution in [0.15, 0.2) is 48.5 Å². The molecule has 4 nitrogen and oxygen atoms in total. The Morgan fingerprint density at radius 3 is 2.30 bits per heavy atom. The van der Waals surface area contributed by atoms with Gasteiger partial charge in [-0.05, 0) is 42.3 Å². The zero-order chi connectivity index (χ0) is 20.9. The lowest BCUT2D eigenvalue weighted by molar-refractivity contribution is -0.137. The molecule has 0 aliphatic carbocycles. The number of rotatable bonds is 7. The summed E-state index contributed by atoms with van der Waals surface area (Å²) in [5, 5.41) is 10.3. The molecular formula is C22H28ClF3N2O2. The predicted octanol–water partition coefficient (Wildman–Crippen LogP) is 4.25. The van der Waals surface area contributed by atoms with E-state index in [1.54, 1.807) is 6.07 Å². The van der Waals surface area contributed by atoms with Crippen molar-refractivity contribution in [3.05, 3.63) is 59.7 Å². The standard InChI is InChI=1S/C22H27F3N2O2.ClH/c1-2-17-6-8-21(9-7-17)29-16-20(28)15-26-10-12-27(13-11-26)19-5-3-4-18(14-19)22(23,24)25;/h3-9,14,20,28H,2,10-13,15-16H2,1H3;1H. The topological polar surface area (TPSA) is 35.9 Å². The SMILES string of the molecule is CCc1ccc(OCC(O)CN2CCN(c3cccc(C(F)(F)F)c3)CC2)cc1.Cl. The molecule has 30 heavy (non-hydrogen) atoms. The first-order chi connectivity index (χ1) is 13.8. The van der Waals surface area contributed by atoms with E-state index >= 15 is 0 Å². The van der Waals surface area contributed by atoms with Crippen LogP contribution in [0.5, 0.6) is 5.75 Å². The predicted molar refractivity (Wildman–Crippen MR) is 115 cm³/mol. The molecule has 0 amide bonds. The molecule has 0 spiro atoms. The minimum Gasteiger partial charge on any atom is -0.491 e. The Hall–Kier alpha value is -1.96. The lowest BCUT2D eigenvalue weighted by Crippen LogP contribution is -2.49. The number of aliphatic hydroxyl groups excluding tert-OH is 1. The molecule has 1 saturated heterocycles. The van der Waals surface area contributed by atoms with E-state index in [2.05, 4.69) is 11.8 Å². The molecule has 2 aromatic carbocycles. The summed E-state index contributed by atoms with van der Waals surface area (Å²) in [5.74, 6) is 0.732. The molecule has 0 radical (unpaired) electrons. The van der Waals surface area contributed by atoms with Crippen LogP contribution in [-0.2, 0) is 12.6 Å². The highest BCUT2D eigenvalue weighted by atomic mass is 35.5. The fraction of sp³-hybridized carbons (Fsp3) is 0.455. The van der Waals surface area contributed by atoms with Gasteiger partial charge in [-0.15, -0.1) is 12.4 Å². The second kappa shape index (κ2) is 10.9. The third kappa shape index (κ3) is 6.79. The van der Waals surface area contributed by atoms with Gasteiger partial charge in [-0.3, -0.25) is 4.90 Å². The summed E-state index contributed by atoms with van der Waals surface area (Å²) in [6.07, 6.45) is -3.99. The van der Waals surface area contributed by atoms with Gasteiger partial charge in [-0.25, -0.2) is 0 Å². The number of benzene rings is 2. The molecule has 0 bridgehead atoms. The molecule has 0 saturated carbocycles. The first-order valence-electron chi connectivity index (χ1n) is 9.89. The van der Waals surface area contributed by atoms with Gasteiger partial charge in [0.1, 0.15) is 18.5 Å². The van der Waals surface area contributed by atoms with E-state index in [-0.39, 0.29) is 19.0 Å². The molecule has 1 atom stereocenters. The monoisotopic (exact) mass is 444 g/mol. The Kier molecular flexibility index (Phi) is 8.82. The largest absolute Gasteiger partial charge is 0.491 e. The molecule has 166 valence electrons. The highest BCUT2D eigenvalue weighted by molar-refractivity contribution is 5.85. The van der Waals surface area contributed by atoms with Crippen LogP contribution in [0.2, 0.25) is 0 Å². The van der Waals surface area contributed by atoms with Gasteiger partial charge in [0.05, 0.1) is 5.56 Å². The lowest BCUT2D eigenvalue weighted by atomic mass is 10.1. The van der Waals surface area contributed by atoms with Crippen molar-refractivity contribution in [1.82, 2.24) is 4.90 Å². The zero-order valence-electron chi connectivity index (χ0n) is 16.9. The van der Waals surface area contributed by atoms with Gasteiger partial charge in [0.2, 0.25) is 0 Å². The molecule has 3 rings (SSSR count). The van der Waals surface area contributed by atoms with Gasteiger partial charge >= 0.3 is 6.18 Å².